The van der Waals surface area contributed by atoms with Gasteiger partial charge in [-0.3, -0.25) is 0 Å². The van der Waals surface area contributed by atoms with Crippen molar-refractivity contribution in [1.82, 2.24) is 0 Å². The number of hydrogen-bond donors (Lipinski definition) is 1. The fourth-order valence-corrected chi connectivity index (χ4v) is 8.13. The Morgan fingerprint density at radius 3 is 2.62 bits per heavy atom. The van der Waals surface area contributed by atoms with Crippen LogP contribution in [0, 0.1) is 34.5 Å². The van der Waals surface area contributed by atoms with Crippen molar-refractivity contribution < 1.29 is 9.84 Å². The topological polar surface area (TPSA) is 29.5 Å². The molecule has 2 nitrogen and oxygen atoms in total. The van der Waals surface area contributed by atoms with Gasteiger partial charge in [0.05, 0.1) is 12.2 Å². The molecule has 2 heteroatoms. The van der Waals surface area contributed by atoms with E-state index in [1.807, 2.05) is 0 Å². The lowest BCUT2D eigenvalue weighted by Crippen LogP contribution is -2.58. The van der Waals surface area contributed by atoms with Crippen LogP contribution in [0.3, 0.4) is 0 Å². The normalized spacial score (nSPS) is 52.4. The minimum atomic E-state index is -0.456. The Hall–Kier alpha value is -0.340. The molecule has 4 aliphatic rings. The summed E-state index contributed by atoms with van der Waals surface area (Å²) in [5.74, 6) is 3.24. The lowest BCUT2D eigenvalue weighted by Gasteiger charge is -2.62. The summed E-state index contributed by atoms with van der Waals surface area (Å²) in [6.45, 7) is 10.8. The molecular formula is C24H40O2. The number of fused-ring (bicyclic) bond motifs is 5. The van der Waals surface area contributed by atoms with Gasteiger partial charge < -0.3 is 9.84 Å². The Labute approximate surface area is 160 Å². The van der Waals surface area contributed by atoms with E-state index in [1.54, 1.807) is 5.57 Å². The molecule has 4 saturated carbocycles. The van der Waals surface area contributed by atoms with Gasteiger partial charge in [0.1, 0.15) is 0 Å². The van der Waals surface area contributed by atoms with Crippen molar-refractivity contribution >= 4 is 0 Å². The number of hydrogen-bond acceptors (Lipinski definition) is 2. The molecule has 4 rings (SSSR count). The molecular weight excluding hydrogens is 320 g/mol. The van der Waals surface area contributed by atoms with Crippen molar-refractivity contribution in [3.8, 4) is 0 Å². The predicted molar refractivity (Wildman–Crippen MR) is 107 cm³/mol. The van der Waals surface area contributed by atoms with Gasteiger partial charge in [-0.25, -0.2) is 0 Å². The molecule has 0 aliphatic heterocycles. The fraction of sp³-hybridized carbons (Fsp3) is 0.917. The average molecular weight is 361 g/mol. The maximum absolute atomic E-state index is 10.8. The SMILES string of the molecule is C/C=C1/CC[C@H]2[C@@H]3CC[C@H]4C[C@](C)(O)CC[C@]4(COCC)[C@H]3CC[C@]12C. The van der Waals surface area contributed by atoms with Crippen LogP contribution in [0.25, 0.3) is 0 Å². The first kappa shape index (κ1) is 19.0. The van der Waals surface area contributed by atoms with Gasteiger partial charge in [-0.15, -0.1) is 0 Å². The number of allylic oxidation sites excluding steroid dienone is 2. The Bertz CT molecular complexity index is 565. The number of ether oxygens (including phenoxy) is 1. The van der Waals surface area contributed by atoms with E-state index < -0.39 is 5.60 Å². The minimum Gasteiger partial charge on any atom is -0.390 e. The fourth-order valence-electron chi connectivity index (χ4n) is 8.13. The first-order valence-corrected chi connectivity index (χ1v) is 11.3. The summed E-state index contributed by atoms with van der Waals surface area (Å²) in [6.07, 6.45) is 13.7. The molecule has 0 radical (unpaired) electrons. The zero-order valence-electron chi connectivity index (χ0n) is 17.5. The van der Waals surface area contributed by atoms with Gasteiger partial charge in [0.15, 0.2) is 0 Å². The van der Waals surface area contributed by atoms with Gasteiger partial charge in [-0.05, 0) is 113 Å². The third-order valence-electron chi connectivity index (χ3n) is 9.42. The van der Waals surface area contributed by atoms with Crippen LogP contribution in [0.15, 0.2) is 11.6 Å². The molecule has 0 aromatic heterocycles. The minimum absolute atomic E-state index is 0.335. The Morgan fingerprint density at radius 1 is 1.08 bits per heavy atom. The van der Waals surface area contributed by atoms with Crippen LogP contribution in [0.5, 0.6) is 0 Å². The van der Waals surface area contributed by atoms with Crippen molar-refractivity contribution in [1.29, 1.82) is 0 Å². The standard InChI is InChI=1S/C24H40O2/c1-5-17-8-10-20-19-9-7-18-15-22(3,25)13-14-24(18,16-26-6-2)21(19)11-12-23(17,20)4/h5,18-21,25H,6-16H2,1-4H3/b17-5-/t18-,19-,20-,21-,22+,23+,24+/m0/s1. The largest absolute Gasteiger partial charge is 0.390 e. The van der Waals surface area contributed by atoms with Gasteiger partial charge in [0.25, 0.3) is 0 Å². The van der Waals surface area contributed by atoms with Gasteiger partial charge in [0.2, 0.25) is 0 Å². The van der Waals surface area contributed by atoms with Crippen molar-refractivity contribution in [2.45, 2.75) is 91.1 Å². The summed E-state index contributed by atoms with van der Waals surface area (Å²) in [5, 5.41) is 10.8. The predicted octanol–water partition coefficient (Wildman–Crippen LogP) is 5.74. The molecule has 1 N–H and O–H groups in total. The highest BCUT2D eigenvalue weighted by atomic mass is 16.5. The first-order valence-electron chi connectivity index (χ1n) is 11.3. The highest BCUT2D eigenvalue weighted by Gasteiger charge is 2.61. The summed E-state index contributed by atoms with van der Waals surface area (Å²) < 4.78 is 6.14. The van der Waals surface area contributed by atoms with E-state index in [0.717, 1.165) is 43.8 Å². The van der Waals surface area contributed by atoms with E-state index >= 15 is 0 Å². The Kier molecular flexibility index (Phi) is 4.84. The zero-order valence-corrected chi connectivity index (χ0v) is 17.5. The van der Waals surface area contributed by atoms with Crippen molar-refractivity contribution in [3.63, 3.8) is 0 Å². The molecule has 0 amide bonds. The molecule has 26 heavy (non-hydrogen) atoms. The second kappa shape index (κ2) is 6.62. The zero-order chi connectivity index (χ0) is 18.6. The van der Waals surface area contributed by atoms with Crippen LogP contribution in [0.1, 0.15) is 85.5 Å². The summed E-state index contributed by atoms with van der Waals surface area (Å²) in [4.78, 5) is 0. The quantitative estimate of drug-likeness (QED) is 0.650. The second-order valence-electron chi connectivity index (χ2n) is 10.5. The molecule has 7 atom stereocenters. The van der Waals surface area contributed by atoms with E-state index in [0.29, 0.717) is 16.7 Å². The third kappa shape index (κ3) is 2.73. The van der Waals surface area contributed by atoms with Crippen LogP contribution >= 0.6 is 0 Å². The molecule has 0 aromatic carbocycles. The van der Waals surface area contributed by atoms with E-state index in [2.05, 4.69) is 33.8 Å². The van der Waals surface area contributed by atoms with Crippen molar-refractivity contribution in [2.24, 2.45) is 34.5 Å². The number of rotatable bonds is 3. The van der Waals surface area contributed by atoms with Crippen molar-refractivity contribution in [2.75, 3.05) is 13.2 Å². The Morgan fingerprint density at radius 2 is 1.88 bits per heavy atom. The summed E-state index contributed by atoms with van der Waals surface area (Å²) >= 11 is 0. The molecule has 4 fully saturated rings. The van der Waals surface area contributed by atoms with E-state index in [9.17, 15) is 5.11 Å². The summed E-state index contributed by atoms with van der Waals surface area (Å²) in [5.41, 5.74) is 2.09. The molecule has 0 saturated heterocycles. The summed E-state index contributed by atoms with van der Waals surface area (Å²) in [6, 6.07) is 0. The van der Waals surface area contributed by atoms with Crippen LogP contribution in [-0.4, -0.2) is 23.9 Å². The third-order valence-corrected chi connectivity index (χ3v) is 9.42. The van der Waals surface area contributed by atoms with E-state index in [-0.39, 0.29) is 0 Å². The molecule has 0 spiro atoms. The number of aliphatic hydroxyl groups is 1. The molecule has 0 heterocycles. The lowest BCUT2D eigenvalue weighted by molar-refractivity contribution is -0.172. The van der Waals surface area contributed by atoms with Crippen molar-refractivity contribution in [3.05, 3.63) is 11.6 Å². The average Bonchev–Trinajstić information content (AvgIpc) is 2.96. The summed E-state index contributed by atoms with van der Waals surface area (Å²) in [7, 11) is 0. The van der Waals surface area contributed by atoms with Gasteiger partial charge in [-0.1, -0.05) is 18.6 Å². The molecule has 0 unspecified atom stereocenters. The highest BCUT2D eigenvalue weighted by molar-refractivity contribution is 5.24. The molecule has 0 bridgehead atoms. The van der Waals surface area contributed by atoms with E-state index in [1.165, 1.54) is 44.9 Å². The molecule has 148 valence electrons. The second-order valence-corrected chi connectivity index (χ2v) is 10.5. The lowest BCUT2D eigenvalue weighted by atomic mass is 9.44. The van der Waals surface area contributed by atoms with Crippen LogP contribution in [-0.2, 0) is 4.74 Å². The maximum atomic E-state index is 10.8. The van der Waals surface area contributed by atoms with Crippen LogP contribution in [0.2, 0.25) is 0 Å². The van der Waals surface area contributed by atoms with Gasteiger partial charge in [0, 0.05) is 6.61 Å². The van der Waals surface area contributed by atoms with Crippen LogP contribution < -0.4 is 0 Å². The van der Waals surface area contributed by atoms with Gasteiger partial charge >= 0.3 is 0 Å². The Balaban J connectivity index is 1.65. The van der Waals surface area contributed by atoms with Gasteiger partial charge in [-0.2, -0.15) is 0 Å². The monoisotopic (exact) mass is 360 g/mol. The molecule has 0 aromatic rings. The smallest absolute Gasteiger partial charge is 0.0622 e. The maximum Gasteiger partial charge on any atom is 0.0622 e. The molecule has 4 aliphatic carbocycles. The highest BCUT2D eigenvalue weighted by Crippen LogP contribution is 2.68. The first-order chi connectivity index (χ1) is 12.4. The van der Waals surface area contributed by atoms with Crippen LogP contribution in [0.4, 0.5) is 0 Å². The van der Waals surface area contributed by atoms with E-state index in [4.69, 9.17) is 4.74 Å².